The zero-order valence-electron chi connectivity index (χ0n) is 14.8. The van der Waals surface area contributed by atoms with Crippen molar-refractivity contribution >= 4 is 23.2 Å². The average Bonchev–Trinajstić information content (AvgIpc) is 2.56. The molecular formula is C18H16Cl2F6N2Pt. The van der Waals surface area contributed by atoms with Crippen LogP contribution in [0.25, 0.3) is 11.4 Å². The van der Waals surface area contributed by atoms with E-state index in [1.165, 1.54) is 12.4 Å². The Hall–Kier alpha value is -0.852. The van der Waals surface area contributed by atoms with E-state index in [9.17, 15) is 26.3 Å². The van der Waals surface area contributed by atoms with Gasteiger partial charge in [-0.3, -0.25) is 9.97 Å². The molecular weight excluding hydrogens is 624 g/mol. The monoisotopic (exact) mass is 639 g/mol. The van der Waals surface area contributed by atoms with Crippen molar-refractivity contribution in [2.75, 3.05) is 0 Å². The normalized spacial score (nSPS) is 12.0. The fourth-order valence-electron chi connectivity index (χ4n) is 2.63. The van der Waals surface area contributed by atoms with Crippen molar-refractivity contribution in [1.29, 1.82) is 0 Å². The minimum Gasteiger partial charge on any atom is -0.255 e. The summed E-state index contributed by atoms with van der Waals surface area (Å²) in [5.74, 6) is 0. The zero-order valence-corrected chi connectivity index (χ0v) is 18.6. The molecule has 0 saturated heterocycles. The van der Waals surface area contributed by atoms with Gasteiger partial charge in [0.1, 0.15) is 5.69 Å². The molecule has 2 heterocycles. The third-order valence-corrected chi connectivity index (χ3v) is 4.68. The average molecular weight is 640 g/mol. The van der Waals surface area contributed by atoms with Crippen LogP contribution < -0.4 is 0 Å². The fourth-order valence-corrected chi connectivity index (χ4v) is 3.26. The van der Waals surface area contributed by atoms with E-state index in [1.54, 1.807) is 12.1 Å². The van der Waals surface area contributed by atoms with Crippen molar-refractivity contribution in [2.45, 2.75) is 50.9 Å². The largest absolute Gasteiger partial charge is 0.389 e. The second-order valence-corrected chi connectivity index (χ2v) is 7.02. The molecule has 0 spiro atoms. The summed E-state index contributed by atoms with van der Waals surface area (Å²) in [5.41, 5.74) is 1.51. The molecule has 0 saturated carbocycles. The maximum Gasteiger partial charge on any atom is 0.389 e. The minimum absolute atomic E-state index is 0. The Kier molecular flexibility index (Phi) is 9.90. The van der Waals surface area contributed by atoms with E-state index in [-0.39, 0.29) is 62.5 Å². The molecule has 0 atom stereocenters. The molecule has 2 aromatic rings. The van der Waals surface area contributed by atoms with Gasteiger partial charge in [0.05, 0.1) is 15.7 Å². The summed E-state index contributed by atoms with van der Waals surface area (Å²) >= 11 is 12.3. The van der Waals surface area contributed by atoms with Gasteiger partial charge in [-0.2, -0.15) is 26.3 Å². The molecule has 0 N–H and O–H groups in total. The topological polar surface area (TPSA) is 25.8 Å². The minimum atomic E-state index is -4.28. The van der Waals surface area contributed by atoms with Crippen LogP contribution in [0.1, 0.15) is 36.8 Å². The number of nitrogens with zero attached hydrogens (tertiary/aromatic N) is 2. The van der Waals surface area contributed by atoms with Gasteiger partial charge in [-0.05, 0) is 48.9 Å². The first kappa shape index (κ1) is 26.2. The van der Waals surface area contributed by atoms with Gasteiger partial charge < -0.3 is 0 Å². The fraction of sp³-hybridized carbons (Fsp3) is 0.444. The maximum atomic E-state index is 12.4. The summed E-state index contributed by atoms with van der Waals surface area (Å²) in [7, 11) is 0. The maximum absolute atomic E-state index is 12.4. The Morgan fingerprint density at radius 3 is 2.03 bits per heavy atom. The van der Waals surface area contributed by atoms with E-state index >= 15 is 0 Å². The zero-order chi connectivity index (χ0) is 20.9. The summed E-state index contributed by atoms with van der Waals surface area (Å²) in [6.07, 6.45) is -7.70. The molecule has 0 radical (unpaired) electrons. The van der Waals surface area contributed by atoms with Crippen LogP contribution >= 0.6 is 23.2 Å². The predicted molar refractivity (Wildman–Crippen MR) is 95.5 cm³/mol. The molecule has 164 valence electrons. The van der Waals surface area contributed by atoms with E-state index in [1.807, 2.05) is 0 Å². The molecule has 0 unspecified atom stereocenters. The molecule has 29 heavy (non-hydrogen) atoms. The van der Waals surface area contributed by atoms with Crippen LogP contribution in [0.5, 0.6) is 0 Å². The number of aromatic nitrogens is 2. The van der Waals surface area contributed by atoms with Crippen molar-refractivity contribution < 1.29 is 47.4 Å². The third kappa shape index (κ3) is 8.81. The van der Waals surface area contributed by atoms with Crippen molar-refractivity contribution in [1.82, 2.24) is 9.97 Å². The summed E-state index contributed by atoms with van der Waals surface area (Å²) < 4.78 is 74.0. The summed E-state index contributed by atoms with van der Waals surface area (Å²) in [4.78, 5) is 8.22. The predicted octanol–water partition coefficient (Wildman–Crippen LogP) is 7.22. The van der Waals surface area contributed by atoms with Gasteiger partial charge in [-0.25, -0.2) is 0 Å². The van der Waals surface area contributed by atoms with Gasteiger partial charge in [-0.1, -0.05) is 23.2 Å². The number of hydrogen-bond acceptors (Lipinski definition) is 2. The van der Waals surface area contributed by atoms with Gasteiger partial charge in [0, 0.05) is 46.3 Å². The molecule has 0 aliphatic heterocycles. The van der Waals surface area contributed by atoms with Crippen molar-refractivity contribution in [3.8, 4) is 11.4 Å². The quantitative estimate of drug-likeness (QED) is 0.299. The SMILES string of the molecule is FC(F)(F)CCCc1ccnc(-c2ncc(Cl)c(CCCC(F)(F)F)c2Cl)c1.[Pt]. The van der Waals surface area contributed by atoms with Gasteiger partial charge in [0.2, 0.25) is 0 Å². The van der Waals surface area contributed by atoms with Crippen LogP contribution in [0.3, 0.4) is 0 Å². The van der Waals surface area contributed by atoms with E-state index in [2.05, 4.69) is 9.97 Å². The first-order valence-corrected chi connectivity index (χ1v) is 9.13. The smallest absolute Gasteiger partial charge is 0.255 e. The van der Waals surface area contributed by atoms with E-state index < -0.39 is 25.2 Å². The van der Waals surface area contributed by atoms with Gasteiger partial charge in [0.15, 0.2) is 0 Å². The Bertz CT molecular complexity index is 812. The van der Waals surface area contributed by atoms with Gasteiger partial charge in [-0.15, -0.1) is 0 Å². The summed E-state index contributed by atoms with van der Waals surface area (Å²) in [6.45, 7) is 0. The number of aryl methyl sites for hydroxylation is 1. The van der Waals surface area contributed by atoms with E-state index in [0.29, 0.717) is 16.8 Å². The number of hydrogen-bond donors (Lipinski definition) is 0. The molecule has 0 bridgehead atoms. The van der Waals surface area contributed by atoms with E-state index in [0.717, 1.165) is 0 Å². The Balaban J connectivity index is 0.00000420. The van der Waals surface area contributed by atoms with Gasteiger partial charge >= 0.3 is 12.4 Å². The standard InChI is InChI=1S/C18H16Cl2F6N2.Pt/c19-13-10-28-16(15(20)12(13)4-2-7-18(24,25)26)14-9-11(5-8-27-14)3-1-6-17(21,22)23;/h5,8-10H,1-4,6-7H2;. The van der Waals surface area contributed by atoms with Crippen molar-refractivity contribution in [3.05, 3.63) is 45.7 Å². The molecule has 0 aliphatic carbocycles. The third-order valence-electron chi connectivity index (χ3n) is 3.95. The van der Waals surface area contributed by atoms with Gasteiger partial charge in [0.25, 0.3) is 0 Å². The number of pyridine rings is 2. The van der Waals surface area contributed by atoms with Crippen molar-refractivity contribution in [3.63, 3.8) is 0 Å². The van der Waals surface area contributed by atoms with E-state index in [4.69, 9.17) is 23.2 Å². The second kappa shape index (κ2) is 11.0. The van der Waals surface area contributed by atoms with Crippen LogP contribution in [0.15, 0.2) is 24.5 Å². The number of halogens is 8. The Labute approximate surface area is 188 Å². The summed E-state index contributed by atoms with van der Waals surface area (Å²) in [6, 6.07) is 3.16. The van der Waals surface area contributed by atoms with Crippen LogP contribution in [0.2, 0.25) is 10.0 Å². The molecule has 0 fully saturated rings. The molecule has 0 aromatic carbocycles. The first-order valence-electron chi connectivity index (χ1n) is 8.38. The Morgan fingerprint density at radius 2 is 1.45 bits per heavy atom. The number of rotatable bonds is 7. The summed E-state index contributed by atoms with van der Waals surface area (Å²) in [5, 5.41) is 0.242. The van der Waals surface area contributed by atoms with Crippen LogP contribution in [-0.4, -0.2) is 22.3 Å². The van der Waals surface area contributed by atoms with Crippen LogP contribution in [0.4, 0.5) is 26.3 Å². The Morgan fingerprint density at radius 1 is 0.862 bits per heavy atom. The van der Waals surface area contributed by atoms with Crippen LogP contribution in [0, 0.1) is 0 Å². The van der Waals surface area contributed by atoms with Crippen molar-refractivity contribution in [2.24, 2.45) is 0 Å². The second-order valence-electron chi connectivity index (χ2n) is 6.23. The number of alkyl halides is 6. The first-order chi connectivity index (χ1) is 13.0. The molecule has 2 nitrogen and oxygen atoms in total. The molecule has 0 amide bonds. The molecule has 2 aromatic heterocycles. The molecule has 11 heteroatoms. The molecule has 0 aliphatic rings. The van der Waals surface area contributed by atoms with Crippen LogP contribution in [-0.2, 0) is 33.9 Å². The molecule has 2 rings (SSSR count).